The summed E-state index contributed by atoms with van der Waals surface area (Å²) in [5, 5.41) is 8.71. The Morgan fingerprint density at radius 2 is 2.05 bits per heavy atom. The average molecular weight is 341 g/mol. The molecule has 0 fully saturated rings. The molecule has 0 aromatic carbocycles. The lowest BCUT2D eigenvalue weighted by molar-refractivity contribution is -0.144. The molecule has 0 aliphatic carbocycles. The first-order valence-electron chi connectivity index (χ1n) is 5.02. The van der Waals surface area contributed by atoms with Crippen LogP contribution in [0.2, 0.25) is 0 Å². The van der Waals surface area contributed by atoms with Gasteiger partial charge in [-0.15, -0.1) is 11.3 Å². The van der Waals surface area contributed by atoms with Crippen LogP contribution in [0.1, 0.15) is 16.4 Å². The maximum Gasteiger partial charge on any atom is 0.452 e. The molecule has 0 saturated carbocycles. The Bertz CT molecular complexity index is 638. The highest BCUT2D eigenvalue weighted by atomic mass is 32.2. The predicted molar refractivity (Wildman–Crippen MR) is 67.2 cm³/mol. The standard InChI is InChI=1S/C9H6F3N3O2S3/c1-3-4(2-5(16)17)18-7(13-3)19-8-14-6(15-20-8)9(10,11)12/h2H2,1H3,(H,16,17). The Balaban J connectivity index is 2.14. The van der Waals surface area contributed by atoms with Crippen molar-refractivity contribution < 1.29 is 23.1 Å². The van der Waals surface area contributed by atoms with Crippen LogP contribution in [0.4, 0.5) is 13.2 Å². The fourth-order valence-electron chi connectivity index (χ4n) is 1.19. The van der Waals surface area contributed by atoms with Crippen LogP contribution >= 0.6 is 34.6 Å². The van der Waals surface area contributed by atoms with Crippen molar-refractivity contribution >= 4 is 40.6 Å². The number of hydrogen-bond donors (Lipinski definition) is 1. The fraction of sp³-hybridized carbons (Fsp3) is 0.333. The second kappa shape index (κ2) is 5.66. The summed E-state index contributed by atoms with van der Waals surface area (Å²) in [5.74, 6) is -2.16. The highest BCUT2D eigenvalue weighted by Gasteiger charge is 2.36. The summed E-state index contributed by atoms with van der Waals surface area (Å²) in [6, 6.07) is 0. The molecule has 0 radical (unpaired) electrons. The summed E-state index contributed by atoms with van der Waals surface area (Å²) < 4.78 is 40.8. The first-order valence-corrected chi connectivity index (χ1v) is 7.43. The number of aromatic nitrogens is 3. The number of aliphatic carboxylic acids is 1. The Labute approximate surface area is 123 Å². The lowest BCUT2D eigenvalue weighted by atomic mass is 10.3. The lowest BCUT2D eigenvalue weighted by Crippen LogP contribution is -2.06. The van der Waals surface area contributed by atoms with Crippen molar-refractivity contribution in [3.05, 3.63) is 16.4 Å². The second-order valence-electron chi connectivity index (χ2n) is 3.54. The van der Waals surface area contributed by atoms with Crippen LogP contribution in [0.15, 0.2) is 8.68 Å². The van der Waals surface area contributed by atoms with Gasteiger partial charge in [0.1, 0.15) is 0 Å². The van der Waals surface area contributed by atoms with Crippen LogP contribution in [-0.4, -0.2) is 25.4 Å². The third kappa shape index (κ3) is 3.67. The van der Waals surface area contributed by atoms with Crippen molar-refractivity contribution in [3.8, 4) is 0 Å². The van der Waals surface area contributed by atoms with Crippen LogP contribution < -0.4 is 0 Å². The van der Waals surface area contributed by atoms with Crippen LogP contribution in [0.5, 0.6) is 0 Å². The summed E-state index contributed by atoms with van der Waals surface area (Å²) in [4.78, 5) is 18.7. The maximum atomic E-state index is 12.3. The van der Waals surface area contributed by atoms with E-state index in [1.165, 1.54) is 0 Å². The van der Waals surface area contributed by atoms with Crippen molar-refractivity contribution in [3.63, 3.8) is 0 Å². The van der Waals surface area contributed by atoms with Gasteiger partial charge in [-0.25, -0.2) is 9.97 Å². The van der Waals surface area contributed by atoms with Gasteiger partial charge < -0.3 is 5.11 Å². The van der Waals surface area contributed by atoms with Gasteiger partial charge in [-0.1, -0.05) is 0 Å². The van der Waals surface area contributed by atoms with E-state index in [4.69, 9.17) is 5.11 Å². The Morgan fingerprint density at radius 1 is 1.35 bits per heavy atom. The molecular weight excluding hydrogens is 335 g/mol. The summed E-state index contributed by atoms with van der Waals surface area (Å²) in [6.07, 6.45) is -4.73. The van der Waals surface area contributed by atoms with Crippen LogP contribution in [-0.2, 0) is 17.4 Å². The highest BCUT2D eigenvalue weighted by Crippen LogP contribution is 2.36. The van der Waals surface area contributed by atoms with Crippen molar-refractivity contribution in [2.75, 3.05) is 0 Å². The van der Waals surface area contributed by atoms with Crippen molar-refractivity contribution in [2.24, 2.45) is 0 Å². The number of aryl methyl sites for hydroxylation is 1. The molecule has 1 N–H and O–H groups in total. The molecule has 0 aliphatic heterocycles. The molecule has 2 heterocycles. The highest BCUT2D eigenvalue weighted by molar-refractivity contribution is 8.02. The Morgan fingerprint density at radius 3 is 2.60 bits per heavy atom. The van der Waals surface area contributed by atoms with Crippen LogP contribution in [0.25, 0.3) is 0 Å². The van der Waals surface area contributed by atoms with Gasteiger partial charge in [0.25, 0.3) is 0 Å². The zero-order valence-corrected chi connectivity index (χ0v) is 12.2. The number of carboxylic acid groups (broad SMARTS) is 1. The van der Waals surface area contributed by atoms with Gasteiger partial charge in [0.2, 0.25) is 5.82 Å². The van der Waals surface area contributed by atoms with Crippen molar-refractivity contribution in [2.45, 2.75) is 28.2 Å². The quantitative estimate of drug-likeness (QED) is 0.921. The van der Waals surface area contributed by atoms with Crippen molar-refractivity contribution in [1.82, 2.24) is 14.3 Å². The largest absolute Gasteiger partial charge is 0.481 e. The third-order valence-electron chi connectivity index (χ3n) is 2.02. The number of hydrogen-bond acceptors (Lipinski definition) is 7. The number of thiazole rings is 1. The minimum atomic E-state index is -4.57. The van der Waals surface area contributed by atoms with E-state index in [2.05, 4.69) is 14.3 Å². The van der Waals surface area contributed by atoms with E-state index in [9.17, 15) is 18.0 Å². The van der Waals surface area contributed by atoms with Gasteiger partial charge in [0, 0.05) is 4.88 Å². The smallest absolute Gasteiger partial charge is 0.452 e. The van der Waals surface area contributed by atoms with E-state index in [1.54, 1.807) is 6.92 Å². The molecule has 2 aromatic rings. The number of carboxylic acids is 1. The molecule has 2 rings (SSSR count). The van der Waals surface area contributed by atoms with Gasteiger partial charge in [0.05, 0.1) is 12.1 Å². The van der Waals surface area contributed by atoms with Gasteiger partial charge in [0.15, 0.2) is 8.68 Å². The number of alkyl halides is 3. The first-order chi connectivity index (χ1) is 9.25. The summed E-state index contributed by atoms with van der Waals surface area (Å²) in [7, 11) is 0. The molecule has 0 unspecified atom stereocenters. The fourth-order valence-corrected chi connectivity index (χ4v) is 4.23. The Kier molecular flexibility index (Phi) is 4.30. The molecule has 0 amide bonds. The average Bonchev–Trinajstić information content (AvgIpc) is 2.86. The van der Waals surface area contributed by atoms with Gasteiger partial charge in [-0.2, -0.15) is 17.5 Å². The lowest BCUT2D eigenvalue weighted by Gasteiger charge is -1.97. The second-order valence-corrected chi connectivity index (χ2v) is 6.87. The Hall–Kier alpha value is -1.20. The molecule has 0 spiro atoms. The molecule has 2 aromatic heterocycles. The zero-order valence-electron chi connectivity index (χ0n) is 9.76. The monoisotopic (exact) mass is 341 g/mol. The molecule has 11 heteroatoms. The molecule has 20 heavy (non-hydrogen) atoms. The van der Waals surface area contributed by atoms with Gasteiger partial charge >= 0.3 is 12.1 Å². The van der Waals surface area contributed by atoms with E-state index < -0.39 is 18.0 Å². The number of nitrogens with zero attached hydrogens (tertiary/aromatic N) is 3. The molecule has 0 bridgehead atoms. The van der Waals surface area contributed by atoms with E-state index in [-0.39, 0.29) is 10.8 Å². The van der Waals surface area contributed by atoms with E-state index in [1.807, 2.05) is 0 Å². The van der Waals surface area contributed by atoms with E-state index in [0.717, 1.165) is 23.1 Å². The molecule has 0 atom stereocenters. The van der Waals surface area contributed by atoms with Crippen LogP contribution in [0, 0.1) is 6.92 Å². The first kappa shape index (κ1) is 15.2. The summed E-state index contributed by atoms with van der Waals surface area (Å²) >= 11 is 2.71. The minimum Gasteiger partial charge on any atom is -0.481 e. The predicted octanol–water partition coefficient (Wildman–Crippen LogP) is 3.10. The molecule has 5 nitrogen and oxygen atoms in total. The SMILES string of the molecule is Cc1nc(Sc2nc(C(F)(F)F)ns2)sc1CC(=O)O. The maximum absolute atomic E-state index is 12.3. The summed E-state index contributed by atoms with van der Waals surface area (Å²) in [5.41, 5.74) is 0.556. The zero-order chi connectivity index (χ0) is 14.9. The number of rotatable bonds is 4. The molecule has 108 valence electrons. The minimum absolute atomic E-state index is 0.118. The summed E-state index contributed by atoms with van der Waals surface area (Å²) in [6.45, 7) is 1.65. The van der Waals surface area contributed by atoms with Gasteiger partial charge in [-0.05, 0) is 30.2 Å². The topological polar surface area (TPSA) is 76.0 Å². The van der Waals surface area contributed by atoms with Gasteiger partial charge in [-0.3, -0.25) is 4.79 Å². The normalized spacial score (nSPS) is 11.8. The van der Waals surface area contributed by atoms with Crippen LogP contribution in [0.3, 0.4) is 0 Å². The van der Waals surface area contributed by atoms with E-state index in [0.29, 0.717) is 26.4 Å². The number of halogens is 3. The van der Waals surface area contributed by atoms with E-state index >= 15 is 0 Å². The third-order valence-corrected chi connectivity index (χ3v) is 4.99. The van der Waals surface area contributed by atoms with Crippen molar-refractivity contribution in [1.29, 1.82) is 0 Å². The molecule has 0 aliphatic rings. The molecular formula is C9H6F3N3O2S3. The number of carbonyl (C=O) groups is 1. The molecule has 0 saturated heterocycles.